The van der Waals surface area contributed by atoms with Gasteiger partial charge in [0.1, 0.15) is 0 Å². The Morgan fingerprint density at radius 2 is 1.71 bits per heavy atom. The zero-order valence-corrected chi connectivity index (χ0v) is 23.6. The molecule has 2 atom stereocenters. The molecule has 2 fully saturated rings. The normalized spacial score (nSPS) is 23.4. The molecule has 3 aliphatic rings. The molecule has 0 unspecified atom stereocenters. The molecule has 0 bridgehead atoms. The highest BCUT2D eigenvalue weighted by molar-refractivity contribution is 5.90. The van der Waals surface area contributed by atoms with Gasteiger partial charge in [-0.05, 0) is 95.9 Å². The van der Waals surface area contributed by atoms with Crippen molar-refractivity contribution < 1.29 is 19.5 Å². The molecule has 212 valence electrons. The summed E-state index contributed by atoms with van der Waals surface area (Å²) in [4.78, 5) is 40.3. The van der Waals surface area contributed by atoms with Gasteiger partial charge in [0, 0.05) is 31.5 Å². The lowest BCUT2D eigenvalue weighted by Crippen LogP contribution is -2.41. The first-order valence-electron chi connectivity index (χ1n) is 15.0. The second-order valence-corrected chi connectivity index (χ2v) is 12.2. The number of nitrogens with one attached hydrogen (secondary N) is 1. The van der Waals surface area contributed by atoms with Crippen molar-refractivity contribution in [1.29, 1.82) is 0 Å². The summed E-state index contributed by atoms with van der Waals surface area (Å²) in [5.41, 5.74) is 6.59. The van der Waals surface area contributed by atoms with E-state index in [1.165, 1.54) is 5.56 Å². The first-order valence-corrected chi connectivity index (χ1v) is 15.0. The van der Waals surface area contributed by atoms with Gasteiger partial charge in [0.2, 0.25) is 11.8 Å². The fraction of sp³-hybridized carbons (Fsp3) is 0.400. The van der Waals surface area contributed by atoms with E-state index in [1.807, 2.05) is 41.3 Å². The van der Waals surface area contributed by atoms with Gasteiger partial charge in [-0.2, -0.15) is 0 Å². The molecule has 3 aromatic rings. The van der Waals surface area contributed by atoms with Crippen molar-refractivity contribution in [1.82, 2.24) is 10.2 Å². The molecule has 41 heavy (non-hydrogen) atoms. The van der Waals surface area contributed by atoms with Crippen LogP contribution in [0.3, 0.4) is 0 Å². The minimum Gasteiger partial charge on any atom is -0.478 e. The summed E-state index contributed by atoms with van der Waals surface area (Å²) in [5, 5.41) is 12.7. The van der Waals surface area contributed by atoms with Crippen LogP contribution in [0, 0.1) is 17.8 Å². The van der Waals surface area contributed by atoms with Crippen LogP contribution in [0.2, 0.25) is 0 Å². The minimum absolute atomic E-state index is 0.00183. The average molecular weight is 551 g/mol. The Hall–Kier alpha value is -3.93. The van der Waals surface area contributed by atoms with Gasteiger partial charge in [-0.15, -0.1) is 0 Å². The lowest BCUT2D eigenvalue weighted by atomic mass is 9.81. The number of amides is 2. The predicted octanol–water partition coefficient (Wildman–Crippen LogP) is 6.18. The van der Waals surface area contributed by atoms with Crippen LogP contribution in [-0.4, -0.2) is 34.3 Å². The molecule has 1 heterocycles. The average Bonchev–Trinajstić information content (AvgIpc) is 3.81. The second-order valence-electron chi connectivity index (χ2n) is 12.2. The van der Waals surface area contributed by atoms with Crippen LogP contribution in [0.15, 0.2) is 66.7 Å². The highest BCUT2D eigenvalue weighted by Gasteiger charge is 2.43. The maximum Gasteiger partial charge on any atom is 0.335 e. The van der Waals surface area contributed by atoms with Crippen LogP contribution in [0.5, 0.6) is 0 Å². The largest absolute Gasteiger partial charge is 0.478 e. The van der Waals surface area contributed by atoms with Gasteiger partial charge >= 0.3 is 5.97 Å². The standard InChI is InChI=1S/C35H38N2O4/c1-22-10-12-24(13-11-22)34(39)37-17-16-29-28(25-8-5-9-26(18-25)35(40)41)15-14-27(32(29)21-37)20-36-33(38)31-19-30(31)23-6-3-2-4-7-23/h2-9,14-15,18,22,24,30-31H,10-13,16-17,19-21H2,1H3,(H,36,38)(H,40,41)/t22?,24?,30-,31+/m1/s1. The van der Waals surface area contributed by atoms with E-state index in [2.05, 4.69) is 24.4 Å². The van der Waals surface area contributed by atoms with E-state index < -0.39 is 5.97 Å². The number of carboxylic acid groups (broad SMARTS) is 1. The number of fused-ring (bicyclic) bond motifs is 1. The molecule has 6 nitrogen and oxygen atoms in total. The summed E-state index contributed by atoms with van der Waals surface area (Å²) in [7, 11) is 0. The number of carboxylic acids is 1. The molecule has 2 amide bonds. The van der Waals surface area contributed by atoms with Crippen molar-refractivity contribution in [2.24, 2.45) is 17.8 Å². The fourth-order valence-corrected chi connectivity index (χ4v) is 6.82. The monoisotopic (exact) mass is 550 g/mol. The van der Waals surface area contributed by atoms with Gasteiger partial charge in [0.15, 0.2) is 0 Å². The van der Waals surface area contributed by atoms with Crippen molar-refractivity contribution in [3.05, 3.63) is 94.5 Å². The molecule has 0 radical (unpaired) electrons. The first-order chi connectivity index (χ1) is 19.9. The van der Waals surface area contributed by atoms with Crippen molar-refractivity contribution in [3.8, 4) is 11.1 Å². The number of benzene rings is 3. The van der Waals surface area contributed by atoms with E-state index in [1.54, 1.807) is 18.2 Å². The molecule has 3 aromatic carbocycles. The van der Waals surface area contributed by atoms with Crippen molar-refractivity contribution >= 4 is 17.8 Å². The molecule has 2 aliphatic carbocycles. The summed E-state index contributed by atoms with van der Waals surface area (Å²) in [6.45, 7) is 3.86. The topological polar surface area (TPSA) is 86.7 Å². The van der Waals surface area contributed by atoms with Crippen molar-refractivity contribution in [2.75, 3.05) is 6.54 Å². The maximum atomic E-state index is 13.6. The Kier molecular flexibility index (Phi) is 7.65. The quantitative estimate of drug-likeness (QED) is 0.368. The van der Waals surface area contributed by atoms with E-state index in [-0.39, 0.29) is 35.1 Å². The number of carbonyl (C=O) groups excluding carboxylic acids is 2. The number of nitrogens with zero attached hydrogens (tertiary/aromatic N) is 1. The van der Waals surface area contributed by atoms with Gasteiger partial charge in [-0.25, -0.2) is 4.79 Å². The summed E-state index contributed by atoms with van der Waals surface area (Å²) in [6, 6.07) is 21.3. The fourth-order valence-electron chi connectivity index (χ4n) is 6.82. The zero-order valence-electron chi connectivity index (χ0n) is 23.6. The Labute approximate surface area is 241 Å². The van der Waals surface area contributed by atoms with Gasteiger partial charge in [0.05, 0.1) is 5.56 Å². The number of hydrogen-bond acceptors (Lipinski definition) is 3. The lowest BCUT2D eigenvalue weighted by molar-refractivity contribution is -0.137. The summed E-state index contributed by atoms with van der Waals surface area (Å²) in [5.74, 6) is 0.431. The smallest absolute Gasteiger partial charge is 0.335 e. The summed E-state index contributed by atoms with van der Waals surface area (Å²) in [6.07, 6.45) is 5.70. The minimum atomic E-state index is -0.951. The Balaban J connectivity index is 1.25. The third-order valence-corrected chi connectivity index (χ3v) is 9.41. The molecule has 6 heteroatoms. The highest BCUT2D eigenvalue weighted by Crippen LogP contribution is 2.47. The molecule has 1 aliphatic heterocycles. The van der Waals surface area contributed by atoms with Gasteiger partial charge in [-0.1, -0.05) is 61.5 Å². The molecule has 0 spiro atoms. The van der Waals surface area contributed by atoms with Gasteiger partial charge < -0.3 is 15.3 Å². The van der Waals surface area contributed by atoms with E-state index in [0.717, 1.165) is 59.9 Å². The predicted molar refractivity (Wildman–Crippen MR) is 158 cm³/mol. The van der Waals surface area contributed by atoms with Crippen molar-refractivity contribution in [2.45, 2.75) is 64.5 Å². The van der Waals surface area contributed by atoms with Crippen LogP contribution in [0.4, 0.5) is 0 Å². The van der Waals surface area contributed by atoms with Gasteiger partial charge in [-0.3, -0.25) is 9.59 Å². The van der Waals surface area contributed by atoms with E-state index in [9.17, 15) is 19.5 Å². The van der Waals surface area contributed by atoms with E-state index >= 15 is 0 Å². The maximum absolute atomic E-state index is 13.6. The van der Waals surface area contributed by atoms with Crippen LogP contribution >= 0.6 is 0 Å². The molecule has 0 saturated heterocycles. The zero-order chi connectivity index (χ0) is 28.5. The third kappa shape index (κ3) is 5.79. The molecular weight excluding hydrogens is 512 g/mol. The Morgan fingerprint density at radius 3 is 2.46 bits per heavy atom. The Morgan fingerprint density at radius 1 is 0.927 bits per heavy atom. The van der Waals surface area contributed by atoms with Crippen molar-refractivity contribution in [3.63, 3.8) is 0 Å². The second kappa shape index (κ2) is 11.5. The van der Waals surface area contributed by atoms with Crippen LogP contribution in [0.25, 0.3) is 11.1 Å². The number of hydrogen-bond donors (Lipinski definition) is 2. The lowest BCUT2D eigenvalue weighted by Gasteiger charge is -2.36. The molecule has 2 N–H and O–H groups in total. The van der Waals surface area contributed by atoms with Crippen LogP contribution < -0.4 is 5.32 Å². The summed E-state index contributed by atoms with van der Waals surface area (Å²) < 4.78 is 0. The number of aromatic carboxylic acids is 1. The number of carbonyl (C=O) groups is 3. The number of rotatable bonds is 7. The highest BCUT2D eigenvalue weighted by atomic mass is 16.4. The van der Waals surface area contributed by atoms with Gasteiger partial charge in [0.25, 0.3) is 0 Å². The molecule has 0 aromatic heterocycles. The van der Waals surface area contributed by atoms with Crippen LogP contribution in [-0.2, 0) is 29.1 Å². The molecular formula is C35H38N2O4. The van der Waals surface area contributed by atoms with Crippen LogP contribution in [0.1, 0.15) is 77.6 Å². The van der Waals surface area contributed by atoms with E-state index in [0.29, 0.717) is 32.0 Å². The molecule has 2 saturated carbocycles. The first kappa shape index (κ1) is 27.3. The SMILES string of the molecule is CC1CCC(C(=O)N2CCc3c(-c4cccc(C(=O)O)c4)ccc(CNC(=O)[C@H]4C[C@@H]4c4ccccc4)c3C2)CC1. The third-order valence-electron chi connectivity index (χ3n) is 9.41. The van der Waals surface area contributed by atoms with E-state index in [4.69, 9.17) is 0 Å². The Bertz CT molecular complexity index is 1460. The summed E-state index contributed by atoms with van der Waals surface area (Å²) >= 11 is 0. The molecule has 6 rings (SSSR count).